The van der Waals surface area contributed by atoms with E-state index in [1.165, 1.54) is 11.1 Å². The largest absolute Gasteiger partial charge is 0.495 e. The summed E-state index contributed by atoms with van der Waals surface area (Å²) in [4.78, 5) is 5.72. The Morgan fingerprint density at radius 2 is 2.09 bits per heavy atom. The zero-order valence-electron chi connectivity index (χ0n) is 18.4. The van der Waals surface area contributed by atoms with Crippen LogP contribution >= 0.6 is 15.9 Å². The highest BCUT2D eigenvalue weighted by Gasteiger charge is 2.58. The lowest BCUT2D eigenvalue weighted by atomic mass is 9.59. The maximum absolute atomic E-state index is 10.0. The fourth-order valence-corrected chi connectivity index (χ4v) is 6.31. The van der Waals surface area contributed by atoms with Crippen LogP contribution in [0.2, 0.25) is 0 Å². The van der Waals surface area contributed by atoms with Crippen molar-refractivity contribution in [3.63, 3.8) is 0 Å². The second-order valence-electron chi connectivity index (χ2n) is 9.09. The molecule has 3 aliphatic rings. The normalized spacial score (nSPS) is 29.6. The Morgan fingerprint density at radius 1 is 1.28 bits per heavy atom. The lowest BCUT2D eigenvalue weighted by Crippen LogP contribution is -2.52. The molecule has 4 atom stereocenters. The van der Waals surface area contributed by atoms with E-state index in [-0.39, 0.29) is 30.1 Å². The first-order chi connectivity index (χ1) is 15.6. The Balaban J connectivity index is 1.48. The number of halogens is 1. The zero-order valence-corrected chi connectivity index (χ0v) is 20.0. The van der Waals surface area contributed by atoms with Gasteiger partial charge in [0, 0.05) is 30.0 Å². The maximum atomic E-state index is 10.0. The molecule has 2 aliphatic heterocycles. The van der Waals surface area contributed by atoms with Crippen LogP contribution in [0.1, 0.15) is 42.9 Å². The molecule has 0 aromatic heterocycles. The molecule has 1 saturated carbocycles. The van der Waals surface area contributed by atoms with Gasteiger partial charge < -0.3 is 24.7 Å². The van der Waals surface area contributed by atoms with Crippen molar-refractivity contribution in [2.24, 2.45) is 11.1 Å². The summed E-state index contributed by atoms with van der Waals surface area (Å²) < 4.78 is 13.1. The molecule has 0 bridgehead atoms. The molecular formula is C25H29BrN2O4. The molecule has 2 aromatic carbocycles. The number of hydrogen-bond acceptors (Lipinski definition) is 6. The number of aliphatic hydroxyl groups excluding tert-OH is 1. The highest BCUT2D eigenvalue weighted by atomic mass is 79.9. The number of rotatable bonds is 5. The van der Waals surface area contributed by atoms with E-state index < -0.39 is 0 Å². The predicted octanol–water partition coefficient (Wildman–Crippen LogP) is 4.31. The van der Waals surface area contributed by atoms with Gasteiger partial charge in [0.2, 0.25) is 0 Å². The summed E-state index contributed by atoms with van der Waals surface area (Å²) in [6.45, 7) is 3.52. The third-order valence-corrected chi connectivity index (χ3v) is 8.04. The third-order valence-electron chi connectivity index (χ3n) is 7.28. The van der Waals surface area contributed by atoms with Gasteiger partial charge in [0.15, 0.2) is 0 Å². The average Bonchev–Trinajstić information content (AvgIpc) is 3.04. The molecule has 6 nitrogen and oxygen atoms in total. The second kappa shape index (κ2) is 8.69. The Morgan fingerprint density at radius 3 is 2.84 bits per heavy atom. The van der Waals surface area contributed by atoms with Gasteiger partial charge in [-0.2, -0.15) is 0 Å². The number of nitrogens with zero attached hydrogens (tertiary/aromatic N) is 1. The molecule has 0 amide bonds. The lowest BCUT2D eigenvalue weighted by molar-refractivity contribution is 0.0690. The van der Waals surface area contributed by atoms with Crippen LogP contribution in [-0.2, 0) is 23.4 Å². The van der Waals surface area contributed by atoms with Gasteiger partial charge in [-0.1, -0.05) is 42.4 Å². The fraction of sp³-hybridized carbons (Fsp3) is 0.480. The average molecular weight is 501 g/mol. The van der Waals surface area contributed by atoms with Crippen LogP contribution in [0.25, 0.3) is 0 Å². The van der Waals surface area contributed by atoms with E-state index in [1.807, 2.05) is 30.3 Å². The first-order valence-corrected chi connectivity index (χ1v) is 12.0. The van der Waals surface area contributed by atoms with Crippen molar-refractivity contribution in [1.82, 2.24) is 5.32 Å². The number of benzene rings is 2. The van der Waals surface area contributed by atoms with Crippen LogP contribution < -0.4 is 14.8 Å². The van der Waals surface area contributed by atoms with E-state index in [1.54, 1.807) is 7.11 Å². The minimum atomic E-state index is -0.186. The van der Waals surface area contributed by atoms with Gasteiger partial charge >= 0.3 is 0 Å². The van der Waals surface area contributed by atoms with E-state index in [4.69, 9.17) is 14.3 Å². The van der Waals surface area contributed by atoms with E-state index in [2.05, 4.69) is 39.4 Å². The van der Waals surface area contributed by atoms with E-state index >= 15 is 0 Å². The second-order valence-corrected chi connectivity index (χ2v) is 9.89. The summed E-state index contributed by atoms with van der Waals surface area (Å²) in [6.07, 6.45) is 2.32. The molecule has 1 aliphatic carbocycles. The predicted molar refractivity (Wildman–Crippen MR) is 126 cm³/mol. The Bertz CT molecular complexity index is 1030. The minimum absolute atomic E-state index is 0.0134. The van der Waals surface area contributed by atoms with Gasteiger partial charge in [-0.3, -0.25) is 0 Å². The first-order valence-electron chi connectivity index (χ1n) is 11.2. The standard InChI is InChI=1S/C25H29BrN2O4/c1-15-8-18(28-31-14-16-6-4-3-5-7-16)10-21-25(15)11-19(13-29)27-12-17-9-20(30-2)23(26)24(32-21)22(17)25/h3-7,9,15,19,21,27,29H,8,10-14H2,1-2H3/b28-18+/t15-,19+,21-,25+/m1/s1. The number of ether oxygens (including phenoxy) is 2. The lowest BCUT2D eigenvalue weighted by Gasteiger charge is -2.44. The van der Waals surface area contributed by atoms with E-state index in [0.29, 0.717) is 19.6 Å². The molecular weight excluding hydrogens is 472 g/mol. The molecule has 170 valence electrons. The number of aliphatic hydroxyl groups is 1. The van der Waals surface area contributed by atoms with Crippen LogP contribution in [0.4, 0.5) is 0 Å². The van der Waals surface area contributed by atoms with Crippen LogP contribution in [0, 0.1) is 5.92 Å². The Labute approximate surface area is 197 Å². The topological polar surface area (TPSA) is 72.3 Å². The van der Waals surface area contributed by atoms with Crippen LogP contribution in [-0.4, -0.2) is 36.7 Å². The summed E-state index contributed by atoms with van der Waals surface area (Å²) >= 11 is 3.72. The molecule has 1 spiro atoms. The first kappa shape index (κ1) is 21.7. The number of methoxy groups -OCH3 is 1. The monoisotopic (exact) mass is 500 g/mol. The number of hydrogen-bond donors (Lipinski definition) is 2. The van der Waals surface area contributed by atoms with Gasteiger partial charge in [-0.05, 0) is 51.9 Å². The molecule has 1 fully saturated rings. The molecule has 5 rings (SSSR count). The van der Waals surface area contributed by atoms with Gasteiger partial charge in [-0.25, -0.2) is 0 Å². The zero-order chi connectivity index (χ0) is 22.3. The summed E-state index contributed by atoms with van der Waals surface area (Å²) in [5.74, 6) is 1.93. The Hall–Kier alpha value is -2.09. The minimum Gasteiger partial charge on any atom is -0.495 e. The van der Waals surface area contributed by atoms with Crippen LogP contribution in [0.3, 0.4) is 0 Å². The van der Waals surface area contributed by atoms with Crippen LogP contribution in [0.5, 0.6) is 11.5 Å². The molecule has 2 heterocycles. The van der Waals surface area contributed by atoms with E-state index in [9.17, 15) is 5.11 Å². The molecule has 0 unspecified atom stereocenters. The maximum Gasteiger partial charge on any atom is 0.142 e. The van der Waals surface area contributed by atoms with Gasteiger partial charge in [-0.15, -0.1) is 0 Å². The molecule has 0 radical (unpaired) electrons. The van der Waals surface area contributed by atoms with Gasteiger partial charge in [0.25, 0.3) is 0 Å². The molecule has 0 saturated heterocycles. The highest BCUT2D eigenvalue weighted by Crippen LogP contribution is 2.60. The van der Waals surface area contributed by atoms with Crippen molar-refractivity contribution < 1.29 is 19.4 Å². The molecule has 2 N–H and O–H groups in total. The quantitative estimate of drug-likeness (QED) is 0.598. The molecule has 32 heavy (non-hydrogen) atoms. The van der Waals surface area contributed by atoms with Crippen molar-refractivity contribution in [3.8, 4) is 11.5 Å². The molecule has 7 heteroatoms. The van der Waals surface area contributed by atoms with Crippen molar-refractivity contribution in [1.29, 1.82) is 0 Å². The van der Waals surface area contributed by atoms with Crippen molar-refractivity contribution in [2.45, 2.75) is 56.9 Å². The van der Waals surface area contributed by atoms with Gasteiger partial charge in [0.1, 0.15) is 28.7 Å². The number of oxime groups is 1. The van der Waals surface area contributed by atoms with Crippen molar-refractivity contribution in [2.75, 3.05) is 13.7 Å². The van der Waals surface area contributed by atoms with Crippen molar-refractivity contribution >= 4 is 21.6 Å². The highest BCUT2D eigenvalue weighted by molar-refractivity contribution is 9.10. The summed E-state index contributed by atoms with van der Waals surface area (Å²) in [5, 5.41) is 18.1. The summed E-state index contributed by atoms with van der Waals surface area (Å²) in [7, 11) is 1.68. The SMILES string of the molecule is COc1cc2c3c(c1Br)O[C@@H]1C/C(=N/OCc4ccccc4)C[C@@H](C)[C@]31C[C@@H](CO)NC2. The Kier molecular flexibility index (Phi) is 5.90. The third kappa shape index (κ3) is 3.51. The summed E-state index contributed by atoms with van der Waals surface area (Å²) in [5.41, 5.74) is 4.39. The smallest absolute Gasteiger partial charge is 0.142 e. The van der Waals surface area contributed by atoms with Crippen molar-refractivity contribution in [3.05, 3.63) is 57.6 Å². The van der Waals surface area contributed by atoms with Crippen LogP contribution in [0.15, 0.2) is 46.0 Å². The van der Waals surface area contributed by atoms with Gasteiger partial charge in [0.05, 0.1) is 19.4 Å². The summed E-state index contributed by atoms with van der Waals surface area (Å²) in [6, 6.07) is 12.2. The fourth-order valence-electron chi connectivity index (χ4n) is 5.74. The molecule has 2 aromatic rings. The number of nitrogens with one attached hydrogen (secondary N) is 1. The van der Waals surface area contributed by atoms with E-state index in [0.717, 1.165) is 40.1 Å².